The van der Waals surface area contributed by atoms with Gasteiger partial charge in [-0.25, -0.2) is 4.98 Å². The number of hydrogen-bond donors (Lipinski definition) is 1. The van der Waals surface area contributed by atoms with Crippen LogP contribution >= 0.6 is 11.8 Å². The van der Waals surface area contributed by atoms with Gasteiger partial charge in [0.15, 0.2) is 0 Å². The average Bonchev–Trinajstić information content (AvgIpc) is 2.08. The van der Waals surface area contributed by atoms with E-state index in [0.717, 1.165) is 11.8 Å². The van der Waals surface area contributed by atoms with Crippen LogP contribution in [0.3, 0.4) is 0 Å². The Bertz CT molecular complexity index is 314. The van der Waals surface area contributed by atoms with Crippen LogP contribution in [0.4, 0.5) is 10.6 Å². The van der Waals surface area contributed by atoms with Crippen LogP contribution in [0.15, 0.2) is 23.2 Å². The molecule has 0 aliphatic rings. The zero-order valence-corrected chi connectivity index (χ0v) is 8.34. The Morgan fingerprint density at radius 2 is 2.31 bits per heavy atom. The fraction of sp³-hybridized carbons (Fsp3) is 0.250. The van der Waals surface area contributed by atoms with E-state index in [4.69, 9.17) is 5.73 Å². The van der Waals surface area contributed by atoms with Crippen LogP contribution in [0, 0.1) is 0 Å². The Labute approximate surface area is 81.1 Å². The maximum absolute atomic E-state index is 11.3. The number of rotatable bonds is 1. The van der Waals surface area contributed by atoms with Crippen molar-refractivity contribution < 1.29 is 4.79 Å². The van der Waals surface area contributed by atoms with Crippen molar-refractivity contribution in [3.05, 3.63) is 18.3 Å². The Balaban J connectivity index is 2.75. The number of carbonyl (C=O) groups is 1. The highest BCUT2D eigenvalue weighted by atomic mass is 32.2. The Kier molecular flexibility index (Phi) is 3.13. The van der Waals surface area contributed by atoms with Crippen molar-refractivity contribution in [2.45, 2.75) is 4.90 Å². The molecule has 1 heterocycles. The minimum Gasteiger partial charge on any atom is -0.383 e. The molecular formula is C8H11N3OS. The summed E-state index contributed by atoms with van der Waals surface area (Å²) in [4.78, 5) is 17.3. The minimum absolute atomic E-state index is 0.0558. The summed E-state index contributed by atoms with van der Waals surface area (Å²) in [5.41, 5.74) is 5.57. The van der Waals surface area contributed by atoms with Gasteiger partial charge in [-0.05, 0) is 23.9 Å². The molecule has 0 spiro atoms. The van der Waals surface area contributed by atoms with Crippen LogP contribution in [0.2, 0.25) is 0 Å². The van der Waals surface area contributed by atoms with Gasteiger partial charge >= 0.3 is 0 Å². The molecule has 2 N–H and O–H groups in total. The first-order chi connectivity index (χ1) is 6.11. The number of pyridine rings is 1. The molecule has 70 valence electrons. The average molecular weight is 197 g/mol. The van der Waals surface area contributed by atoms with E-state index in [1.165, 1.54) is 4.90 Å². The van der Waals surface area contributed by atoms with Gasteiger partial charge in [-0.1, -0.05) is 0 Å². The molecule has 1 aromatic rings. The van der Waals surface area contributed by atoms with Crippen LogP contribution < -0.4 is 5.73 Å². The molecule has 5 heteroatoms. The van der Waals surface area contributed by atoms with E-state index in [1.807, 2.05) is 0 Å². The molecule has 13 heavy (non-hydrogen) atoms. The molecule has 0 radical (unpaired) electrons. The lowest BCUT2D eigenvalue weighted by Crippen LogP contribution is -2.16. The molecule has 4 nitrogen and oxygen atoms in total. The lowest BCUT2D eigenvalue weighted by atomic mass is 10.5. The molecule has 1 amide bonds. The molecule has 0 aliphatic carbocycles. The van der Waals surface area contributed by atoms with E-state index < -0.39 is 0 Å². The largest absolute Gasteiger partial charge is 0.383 e. The van der Waals surface area contributed by atoms with Crippen molar-refractivity contribution in [2.24, 2.45) is 0 Å². The Morgan fingerprint density at radius 1 is 1.62 bits per heavy atom. The first-order valence-corrected chi connectivity index (χ1v) is 4.52. The van der Waals surface area contributed by atoms with Gasteiger partial charge in [0.2, 0.25) is 0 Å². The Morgan fingerprint density at radius 3 is 2.85 bits per heavy atom. The number of thioether (sulfide) groups is 1. The molecule has 0 saturated heterocycles. The fourth-order valence-corrected chi connectivity index (χ4v) is 1.35. The summed E-state index contributed by atoms with van der Waals surface area (Å²) in [7, 11) is 3.39. The van der Waals surface area contributed by atoms with Crippen molar-refractivity contribution in [1.29, 1.82) is 0 Å². The van der Waals surface area contributed by atoms with E-state index >= 15 is 0 Å². The highest BCUT2D eigenvalue weighted by Gasteiger charge is 2.08. The predicted molar refractivity (Wildman–Crippen MR) is 53.6 cm³/mol. The second kappa shape index (κ2) is 4.13. The van der Waals surface area contributed by atoms with Crippen molar-refractivity contribution in [2.75, 3.05) is 19.8 Å². The van der Waals surface area contributed by atoms with E-state index in [-0.39, 0.29) is 5.24 Å². The van der Waals surface area contributed by atoms with Crippen molar-refractivity contribution in [1.82, 2.24) is 9.88 Å². The van der Waals surface area contributed by atoms with E-state index in [9.17, 15) is 4.79 Å². The quantitative estimate of drug-likeness (QED) is 0.692. The van der Waals surface area contributed by atoms with Gasteiger partial charge in [-0.3, -0.25) is 4.79 Å². The number of nitrogen functional groups attached to an aromatic ring is 1. The number of hydrogen-bond acceptors (Lipinski definition) is 4. The zero-order valence-electron chi connectivity index (χ0n) is 7.52. The monoisotopic (exact) mass is 197 g/mol. The van der Waals surface area contributed by atoms with Crippen LogP contribution in [-0.2, 0) is 0 Å². The van der Waals surface area contributed by atoms with Gasteiger partial charge in [0.05, 0.1) is 4.90 Å². The van der Waals surface area contributed by atoms with Gasteiger partial charge in [0.1, 0.15) is 5.82 Å². The van der Waals surface area contributed by atoms with Crippen molar-refractivity contribution in [3.63, 3.8) is 0 Å². The van der Waals surface area contributed by atoms with Gasteiger partial charge < -0.3 is 10.6 Å². The molecule has 0 aliphatic heterocycles. The van der Waals surface area contributed by atoms with Gasteiger partial charge in [0.25, 0.3) is 5.24 Å². The van der Waals surface area contributed by atoms with Gasteiger partial charge in [0, 0.05) is 20.3 Å². The lowest BCUT2D eigenvalue weighted by Gasteiger charge is -2.09. The first kappa shape index (κ1) is 9.85. The molecule has 0 unspecified atom stereocenters. The summed E-state index contributed by atoms with van der Waals surface area (Å²) >= 11 is 1.08. The van der Waals surface area contributed by atoms with Gasteiger partial charge in [-0.15, -0.1) is 0 Å². The number of nitrogens with zero attached hydrogens (tertiary/aromatic N) is 2. The van der Waals surface area contributed by atoms with Crippen LogP contribution in [-0.4, -0.2) is 29.2 Å². The lowest BCUT2D eigenvalue weighted by molar-refractivity contribution is 0.241. The van der Waals surface area contributed by atoms with Crippen LogP contribution in [0.25, 0.3) is 0 Å². The molecule has 0 atom stereocenters. The molecule has 1 aromatic heterocycles. The number of nitrogens with two attached hydrogens (primary N) is 1. The summed E-state index contributed by atoms with van der Waals surface area (Å²) in [5, 5.41) is -0.0558. The maximum atomic E-state index is 11.3. The third-order valence-electron chi connectivity index (χ3n) is 1.36. The molecule has 0 aromatic carbocycles. The molecule has 0 bridgehead atoms. The standard InChI is InChI=1S/C8H11N3OS/c1-11(2)8(12)13-6-4-3-5-10-7(6)9/h3-5H,1-2H3,(H2,9,10). The maximum Gasteiger partial charge on any atom is 0.286 e. The number of anilines is 1. The van der Waals surface area contributed by atoms with E-state index in [1.54, 1.807) is 32.4 Å². The van der Waals surface area contributed by atoms with Crippen molar-refractivity contribution in [3.8, 4) is 0 Å². The normalized spacial score (nSPS) is 9.69. The molecule has 0 saturated carbocycles. The Hall–Kier alpha value is -1.23. The highest BCUT2D eigenvalue weighted by molar-refractivity contribution is 8.13. The third kappa shape index (κ3) is 2.62. The number of aromatic nitrogens is 1. The summed E-state index contributed by atoms with van der Waals surface area (Å²) < 4.78 is 0. The van der Waals surface area contributed by atoms with E-state index in [2.05, 4.69) is 4.98 Å². The molecular weight excluding hydrogens is 186 g/mol. The van der Waals surface area contributed by atoms with E-state index in [0.29, 0.717) is 10.7 Å². The molecule has 0 fully saturated rings. The molecule has 1 rings (SSSR count). The smallest absolute Gasteiger partial charge is 0.286 e. The third-order valence-corrected chi connectivity index (χ3v) is 2.47. The minimum atomic E-state index is -0.0558. The second-order valence-corrected chi connectivity index (χ2v) is 3.64. The summed E-state index contributed by atoms with van der Waals surface area (Å²) in [6.45, 7) is 0. The van der Waals surface area contributed by atoms with Crippen LogP contribution in [0.5, 0.6) is 0 Å². The number of amides is 1. The highest BCUT2D eigenvalue weighted by Crippen LogP contribution is 2.24. The second-order valence-electron chi connectivity index (χ2n) is 2.65. The zero-order chi connectivity index (χ0) is 9.84. The summed E-state index contributed by atoms with van der Waals surface area (Å²) in [6, 6.07) is 3.52. The SMILES string of the molecule is CN(C)C(=O)Sc1cccnc1N. The summed E-state index contributed by atoms with van der Waals surface area (Å²) in [5.74, 6) is 0.391. The predicted octanol–water partition coefficient (Wildman–Crippen LogP) is 1.44. The topological polar surface area (TPSA) is 59.2 Å². The number of carbonyl (C=O) groups excluding carboxylic acids is 1. The van der Waals surface area contributed by atoms with Crippen LogP contribution in [0.1, 0.15) is 0 Å². The van der Waals surface area contributed by atoms with Gasteiger partial charge in [-0.2, -0.15) is 0 Å². The summed E-state index contributed by atoms with van der Waals surface area (Å²) in [6.07, 6.45) is 1.60. The fourth-order valence-electron chi connectivity index (χ4n) is 0.674. The first-order valence-electron chi connectivity index (χ1n) is 3.71. The van der Waals surface area contributed by atoms with Crippen molar-refractivity contribution >= 4 is 22.8 Å².